The number of aromatic nitrogens is 3. The van der Waals surface area contributed by atoms with E-state index in [1.165, 1.54) is 29.1 Å². The Morgan fingerprint density at radius 2 is 2.25 bits per heavy atom. The molecule has 16 heavy (non-hydrogen) atoms. The Balaban J connectivity index is 2.52. The molecule has 0 atom stereocenters. The van der Waals surface area contributed by atoms with Gasteiger partial charge in [0.05, 0.1) is 16.8 Å². The Morgan fingerprint density at radius 1 is 1.44 bits per heavy atom. The number of hydrogen-bond donors (Lipinski definition) is 0. The molecule has 0 unspecified atom stereocenters. The Kier molecular flexibility index (Phi) is 2.42. The van der Waals surface area contributed by atoms with Crippen LogP contribution in [0.1, 0.15) is 10.5 Å². The Hall–Kier alpha value is -2.57. The molecule has 2 rings (SSSR count). The van der Waals surface area contributed by atoms with E-state index in [2.05, 4.69) is 10.3 Å². The van der Waals surface area contributed by atoms with E-state index in [1.807, 2.05) is 0 Å². The number of benzene rings is 1. The van der Waals surface area contributed by atoms with Crippen LogP contribution in [0.15, 0.2) is 30.5 Å². The maximum atomic E-state index is 10.6. The molecule has 0 aliphatic heterocycles. The zero-order valence-electron chi connectivity index (χ0n) is 7.98. The van der Waals surface area contributed by atoms with E-state index >= 15 is 0 Å². The molecule has 2 aromatic rings. The third kappa shape index (κ3) is 1.65. The minimum atomic E-state index is -0.513. The van der Waals surface area contributed by atoms with E-state index in [9.17, 15) is 14.9 Å². The summed E-state index contributed by atoms with van der Waals surface area (Å²) in [6.45, 7) is 0. The zero-order valence-corrected chi connectivity index (χ0v) is 7.98. The highest BCUT2D eigenvalue weighted by molar-refractivity contribution is 5.72. The number of carbonyl (C=O) groups is 1. The van der Waals surface area contributed by atoms with Crippen LogP contribution in [0.25, 0.3) is 5.69 Å². The highest BCUT2D eigenvalue weighted by atomic mass is 16.6. The number of aldehydes is 1. The van der Waals surface area contributed by atoms with Crippen molar-refractivity contribution in [2.24, 2.45) is 0 Å². The Labute approximate surface area is 89.5 Å². The van der Waals surface area contributed by atoms with E-state index in [0.29, 0.717) is 12.0 Å². The molecule has 1 aromatic carbocycles. The summed E-state index contributed by atoms with van der Waals surface area (Å²) in [7, 11) is 0. The molecule has 1 heterocycles. The van der Waals surface area contributed by atoms with Crippen LogP contribution >= 0.6 is 0 Å². The normalized spacial score (nSPS) is 10.0. The molecule has 0 spiro atoms. The van der Waals surface area contributed by atoms with Crippen LogP contribution in [0.2, 0.25) is 0 Å². The van der Waals surface area contributed by atoms with Crippen LogP contribution in [0.5, 0.6) is 0 Å². The number of non-ortho nitro benzene ring substituents is 1. The van der Waals surface area contributed by atoms with Crippen LogP contribution in [0, 0.1) is 10.1 Å². The van der Waals surface area contributed by atoms with Crippen LogP contribution < -0.4 is 0 Å². The fraction of sp³-hybridized carbons (Fsp3) is 0. The highest BCUT2D eigenvalue weighted by Gasteiger charge is 2.10. The predicted octanol–water partition coefficient (Wildman–Crippen LogP) is 0.988. The molecular formula is C9H6N4O3. The largest absolute Gasteiger partial charge is 0.296 e. The first-order valence-electron chi connectivity index (χ1n) is 4.33. The number of nitro benzene ring substituents is 1. The van der Waals surface area contributed by atoms with Crippen molar-refractivity contribution < 1.29 is 9.72 Å². The van der Waals surface area contributed by atoms with Gasteiger partial charge in [-0.3, -0.25) is 14.9 Å². The van der Waals surface area contributed by atoms with Crippen molar-refractivity contribution in [3.63, 3.8) is 0 Å². The molecular weight excluding hydrogens is 212 g/mol. The first kappa shape index (κ1) is 9.97. The minimum Gasteiger partial charge on any atom is -0.296 e. The molecule has 0 radical (unpaired) electrons. The van der Waals surface area contributed by atoms with Crippen LogP contribution in [-0.4, -0.2) is 26.2 Å². The second-order valence-corrected chi connectivity index (χ2v) is 2.97. The lowest BCUT2D eigenvalue weighted by Crippen LogP contribution is -2.02. The summed E-state index contributed by atoms with van der Waals surface area (Å²) in [5.74, 6) is 0. The molecule has 0 amide bonds. The molecule has 7 heteroatoms. The SMILES string of the molecule is O=Cc1cnnn1-c1cccc([N+](=O)[O-])c1. The monoisotopic (exact) mass is 218 g/mol. The van der Waals surface area contributed by atoms with Crippen molar-refractivity contribution in [2.45, 2.75) is 0 Å². The lowest BCUT2D eigenvalue weighted by molar-refractivity contribution is -0.384. The maximum Gasteiger partial charge on any atom is 0.271 e. The molecule has 0 fully saturated rings. The smallest absolute Gasteiger partial charge is 0.271 e. The molecule has 0 saturated carbocycles. The number of hydrogen-bond acceptors (Lipinski definition) is 5. The van der Waals surface area contributed by atoms with Gasteiger partial charge in [-0.1, -0.05) is 11.3 Å². The van der Waals surface area contributed by atoms with Gasteiger partial charge >= 0.3 is 0 Å². The molecule has 0 N–H and O–H groups in total. The summed E-state index contributed by atoms with van der Waals surface area (Å²) in [5, 5.41) is 17.8. The van der Waals surface area contributed by atoms with Gasteiger partial charge in [0.2, 0.25) is 0 Å². The topological polar surface area (TPSA) is 90.9 Å². The van der Waals surface area contributed by atoms with Crippen molar-refractivity contribution in [3.05, 3.63) is 46.3 Å². The standard InChI is InChI=1S/C9H6N4O3/c14-6-9-5-10-11-12(9)7-2-1-3-8(4-7)13(15)16/h1-6H. The van der Waals surface area contributed by atoms with Crippen molar-refractivity contribution in [2.75, 3.05) is 0 Å². The lowest BCUT2D eigenvalue weighted by atomic mass is 10.3. The lowest BCUT2D eigenvalue weighted by Gasteiger charge is -2.01. The maximum absolute atomic E-state index is 10.6. The van der Waals surface area contributed by atoms with E-state index in [1.54, 1.807) is 6.07 Å². The van der Waals surface area contributed by atoms with Crippen molar-refractivity contribution in [3.8, 4) is 5.69 Å². The average molecular weight is 218 g/mol. The number of nitrogens with zero attached hydrogens (tertiary/aromatic N) is 4. The third-order valence-corrected chi connectivity index (χ3v) is 1.98. The summed E-state index contributed by atoms with van der Waals surface area (Å²) in [4.78, 5) is 20.7. The van der Waals surface area contributed by atoms with Crippen LogP contribution in [-0.2, 0) is 0 Å². The average Bonchev–Trinajstić information content (AvgIpc) is 2.77. The van der Waals surface area contributed by atoms with Gasteiger partial charge in [-0.25, -0.2) is 4.68 Å². The van der Waals surface area contributed by atoms with Crippen LogP contribution in [0.3, 0.4) is 0 Å². The van der Waals surface area contributed by atoms with Crippen molar-refractivity contribution >= 4 is 12.0 Å². The van der Waals surface area contributed by atoms with Gasteiger partial charge in [0.1, 0.15) is 5.69 Å². The Morgan fingerprint density at radius 3 is 2.94 bits per heavy atom. The molecule has 80 valence electrons. The second-order valence-electron chi connectivity index (χ2n) is 2.97. The predicted molar refractivity (Wildman–Crippen MR) is 53.4 cm³/mol. The van der Waals surface area contributed by atoms with Gasteiger partial charge in [-0.15, -0.1) is 5.10 Å². The van der Waals surface area contributed by atoms with Crippen LogP contribution in [0.4, 0.5) is 5.69 Å². The van der Waals surface area contributed by atoms with Gasteiger partial charge in [0, 0.05) is 12.1 Å². The summed E-state index contributed by atoms with van der Waals surface area (Å²) in [6.07, 6.45) is 1.87. The minimum absolute atomic E-state index is 0.0650. The molecule has 0 aliphatic rings. The highest BCUT2D eigenvalue weighted by Crippen LogP contribution is 2.16. The van der Waals surface area contributed by atoms with E-state index in [-0.39, 0.29) is 11.4 Å². The fourth-order valence-corrected chi connectivity index (χ4v) is 1.26. The van der Waals surface area contributed by atoms with Gasteiger partial charge in [-0.2, -0.15) is 0 Å². The molecule has 0 aliphatic carbocycles. The molecule has 1 aromatic heterocycles. The Bertz CT molecular complexity index is 549. The third-order valence-electron chi connectivity index (χ3n) is 1.98. The quantitative estimate of drug-likeness (QED) is 0.435. The fourth-order valence-electron chi connectivity index (χ4n) is 1.26. The van der Waals surface area contributed by atoms with E-state index in [0.717, 1.165) is 0 Å². The van der Waals surface area contributed by atoms with Gasteiger partial charge in [0.15, 0.2) is 6.29 Å². The molecule has 0 bridgehead atoms. The van der Waals surface area contributed by atoms with Crippen molar-refractivity contribution in [1.82, 2.24) is 15.0 Å². The molecule has 7 nitrogen and oxygen atoms in total. The second kappa shape index (κ2) is 3.89. The summed E-state index contributed by atoms with van der Waals surface area (Å²) < 4.78 is 1.24. The molecule has 0 saturated heterocycles. The number of nitro groups is 1. The summed E-state index contributed by atoms with van der Waals surface area (Å²) in [5.41, 5.74) is 0.596. The van der Waals surface area contributed by atoms with E-state index in [4.69, 9.17) is 0 Å². The zero-order chi connectivity index (χ0) is 11.5. The first-order valence-corrected chi connectivity index (χ1v) is 4.33. The summed E-state index contributed by atoms with van der Waals surface area (Å²) >= 11 is 0. The summed E-state index contributed by atoms with van der Waals surface area (Å²) in [6, 6.07) is 5.81. The number of rotatable bonds is 3. The first-order chi connectivity index (χ1) is 7.72. The van der Waals surface area contributed by atoms with Crippen molar-refractivity contribution in [1.29, 1.82) is 0 Å². The van der Waals surface area contributed by atoms with Gasteiger partial charge < -0.3 is 0 Å². The van der Waals surface area contributed by atoms with Gasteiger partial charge in [0.25, 0.3) is 5.69 Å². The van der Waals surface area contributed by atoms with Gasteiger partial charge in [-0.05, 0) is 6.07 Å². The number of carbonyl (C=O) groups excluding carboxylic acids is 1. The van der Waals surface area contributed by atoms with E-state index < -0.39 is 4.92 Å².